The molecule has 13 rings (SSSR count). The second-order valence-corrected chi connectivity index (χ2v) is 16.8. The quantitative estimate of drug-likeness (QED) is 0.149. The first-order valence-electron chi connectivity index (χ1n) is 22.2. The molecule has 2 heterocycles. The third-order valence-corrected chi connectivity index (χ3v) is 13.2. The van der Waals surface area contributed by atoms with Crippen LogP contribution in [0.15, 0.2) is 247 Å². The first-order chi connectivity index (χ1) is 32.2. The molecule has 0 bridgehead atoms. The molecule has 0 atom stereocenters. The SMILES string of the molecule is c1ccc(N(c2ccc(-c3cc4ccccc4c4ccccc34)cc2)c2ccc(-c3ccccc3-n3c4ccccc4c4ccccc43)c(-c3ccc4oc5ccccc5c4c3)c2)cc1. The standard InChI is InChI=1S/C62H40N2O/c1-2-17-44(18-3-1)63(45-33-30-41(31-34-45)55-38-42-16-4-5-19-47(42)48-20-6-7-21-49(48)55)46-35-36-50(56(40-46)43-32-37-62-57(39-43)54-25-11-15-29-61(54)65-62)51-22-8-12-26-58(51)64-59-27-13-9-23-52(59)53-24-10-14-28-60(53)64/h1-40H. The summed E-state index contributed by atoms with van der Waals surface area (Å²) in [6.45, 7) is 0. The molecule has 3 nitrogen and oxygen atoms in total. The van der Waals surface area contributed by atoms with Crippen LogP contribution in [-0.4, -0.2) is 4.57 Å². The van der Waals surface area contributed by atoms with Crippen molar-refractivity contribution in [1.29, 1.82) is 0 Å². The van der Waals surface area contributed by atoms with Crippen LogP contribution in [0, 0.1) is 0 Å². The fraction of sp³-hybridized carbons (Fsp3) is 0. The van der Waals surface area contributed by atoms with Crippen LogP contribution < -0.4 is 4.90 Å². The van der Waals surface area contributed by atoms with Crippen molar-refractivity contribution in [2.45, 2.75) is 0 Å². The van der Waals surface area contributed by atoms with Crippen LogP contribution in [0.1, 0.15) is 0 Å². The van der Waals surface area contributed by atoms with E-state index in [-0.39, 0.29) is 0 Å². The van der Waals surface area contributed by atoms with Gasteiger partial charge in [0.2, 0.25) is 0 Å². The summed E-state index contributed by atoms with van der Waals surface area (Å²) in [5, 5.41) is 9.72. The molecule has 13 aromatic rings. The van der Waals surface area contributed by atoms with Gasteiger partial charge in [-0.3, -0.25) is 0 Å². The van der Waals surface area contributed by atoms with E-state index in [1.807, 2.05) is 6.07 Å². The van der Waals surface area contributed by atoms with Gasteiger partial charge in [0.25, 0.3) is 0 Å². The smallest absolute Gasteiger partial charge is 0.135 e. The molecule has 0 spiro atoms. The lowest BCUT2D eigenvalue weighted by atomic mass is 9.91. The Labute approximate surface area is 376 Å². The summed E-state index contributed by atoms with van der Waals surface area (Å²) >= 11 is 0. The predicted molar refractivity (Wildman–Crippen MR) is 274 cm³/mol. The number of rotatable bonds is 7. The van der Waals surface area contributed by atoms with E-state index in [2.05, 4.69) is 246 Å². The van der Waals surface area contributed by atoms with Gasteiger partial charge in [0, 0.05) is 44.2 Å². The topological polar surface area (TPSA) is 21.3 Å². The number of nitrogens with zero attached hydrogens (tertiary/aromatic N) is 2. The molecule has 0 aliphatic carbocycles. The lowest BCUT2D eigenvalue weighted by molar-refractivity contribution is 0.669. The predicted octanol–water partition coefficient (Wildman–Crippen LogP) is 17.5. The molecule has 0 aliphatic heterocycles. The van der Waals surface area contributed by atoms with Gasteiger partial charge in [-0.25, -0.2) is 0 Å². The fourth-order valence-corrected chi connectivity index (χ4v) is 10.2. The van der Waals surface area contributed by atoms with Gasteiger partial charge in [-0.05, 0) is 128 Å². The van der Waals surface area contributed by atoms with E-state index in [1.165, 1.54) is 54.5 Å². The van der Waals surface area contributed by atoms with Crippen LogP contribution in [-0.2, 0) is 0 Å². The maximum Gasteiger partial charge on any atom is 0.135 e. The van der Waals surface area contributed by atoms with E-state index in [4.69, 9.17) is 4.42 Å². The molecule has 0 saturated carbocycles. The Hall–Kier alpha value is -8.66. The zero-order valence-electron chi connectivity index (χ0n) is 35.4. The van der Waals surface area contributed by atoms with Gasteiger partial charge in [-0.15, -0.1) is 0 Å². The number of hydrogen-bond acceptors (Lipinski definition) is 2. The van der Waals surface area contributed by atoms with Crippen LogP contribution in [0.4, 0.5) is 17.1 Å². The molecule has 0 N–H and O–H groups in total. The lowest BCUT2D eigenvalue weighted by Crippen LogP contribution is -2.10. The highest BCUT2D eigenvalue weighted by molar-refractivity contribution is 6.14. The zero-order valence-corrected chi connectivity index (χ0v) is 35.4. The molecule has 0 unspecified atom stereocenters. The molecule has 65 heavy (non-hydrogen) atoms. The summed E-state index contributed by atoms with van der Waals surface area (Å²) in [7, 11) is 0. The highest BCUT2D eigenvalue weighted by atomic mass is 16.3. The second kappa shape index (κ2) is 15.0. The molecular weight excluding hydrogens is 789 g/mol. The van der Waals surface area contributed by atoms with Crippen LogP contribution in [0.3, 0.4) is 0 Å². The Balaban J connectivity index is 1.02. The highest BCUT2D eigenvalue weighted by Crippen LogP contribution is 2.45. The summed E-state index contributed by atoms with van der Waals surface area (Å²) in [6.07, 6.45) is 0. The van der Waals surface area contributed by atoms with Crippen molar-refractivity contribution in [3.05, 3.63) is 243 Å². The van der Waals surface area contributed by atoms with Crippen molar-refractivity contribution in [3.8, 4) is 39.1 Å². The van der Waals surface area contributed by atoms with Gasteiger partial charge in [-0.2, -0.15) is 0 Å². The fourth-order valence-electron chi connectivity index (χ4n) is 10.2. The van der Waals surface area contributed by atoms with Crippen molar-refractivity contribution in [3.63, 3.8) is 0 Å². The van der Waals surface area contributed by atoms with Gasteiger partial charge in [0.1, 0.15) is 11.2 Å². The van der Waals surface area contributed by atoms with Gasteiger partial charge < -0.3 is 13.9 Å². The Kier molecular flexibility index (Phi) is 8.53. The van der Waals surface area contributed by atoms with E-state index in [1.54, 1.807) is 0 Å². The van der Waals surface area contributed by atoms with Crippen LogP contribution in [0.25, 0.3) is 104 Å². The molecule has 0 saturated heterocycles. The number of anilines is 3. The summed E-state index contributed by atoms with van der Waals surface area (Å²) < 4.78 is 8.79. The lowest BCUT2D eigenvalue weighted by Gasteiger charge is -2.27. The number of fused-ring (bicyclic) bond motifs is 9. The number of para-hydroxylation sites is 5. The van der Waals surface area contributed by atoms with Crippen molar-refractivity contribution in [2.24, 2.45) is 0 Å². The minimum absolute atomic E-state index is 0.878. The van der Waals surface area contributed by atoms with E-state index < -0.39 is 0 Å². The van der Waals surface area contributed by atoms with Crippen molar-refractivity contribution in [1.82, 2.24) is 4.57 Å². The van der Waals surface area contributed by atoms with Crippen molar-refractivity contribution in [2.75, 3.05) is 4.90 Å². The first-order valence-corrected chi connectivity index (χ1v) is 22.2. The van der Waals surface area contributed by atoms with E-state index in [0.29, 0.717) is 0 Å². The average Bonchev–Trinajstić information content (AvgIpc) is 3.92. The van der Waals surface area contributed by atoms with E-state index in [9.17, 15) is 0 Å². The van der Waals surface area contributed by atoms with Gasteiger partial charge in [0.15, 0.2) is 0 Å². The molecule has 2 aromatic heterocycles. The molecular formula is C62H40N2O. The van der Waals surface area contributed by atoms with Crippen molar-refractivity contribution >= 4 is 82.4 Å². The number of aromatic nitrogens is 1. The Morgan fingerprint density at radius 3 is 1.65 bits per heavy atom. The maximum atomic E-state index is 6.36. The second-order valence-electron chi connectivity index (χ2n) is 16.8. The summed E-state index contributed by atoms with van der Waals surface area (Å²) in [5.41, 5.74) is 15.4. The Morgan fingerprint density at radius 2 is 0.862 bits per heavy atom. The number of benzene rings is 11. The Morgan fingerprint density at radius 1 is 0.292 bits per heavy atom. The molecule has 0 radical (unpaired) electrons. The summed E-state index contributed by atoms with van der Waals surface area (Å²) in [6, 6.07) is 87.9. The number of hydrogen-bond donors (Lipinski definition) is 0. The maximum absolute atomic E-state index is 6.36. The molecule has 0 aliphatic rings. The molecule has 11 aromatic carbocycles. The largest absolute Gasteiger partial charge is 0.456 e. The molecule has 0 amide bonds. The van der Waals surface area contributed by atoms with Gasteiger partial charge >= 0.3 is 0 Å². The van der Waals surface area contributed by atoms with Crippen LogP contribution >= 0.6 is 0 Å². The van der Waals surface area contributed by atoms with Crippen LogP contribution in [0.5, 0.6) is 0 Å². The van der Waals surface area contributed by atoms with Crippen molar-refractivity contribution < 1.29 is 4.42 Å². The van der Waals surface area contributed by atoms with Crippen LogP contribution in [0.2, 0.25) is 0 Å². The van der Waals surface area contributed by atoms with Gasteiger partial charge in [0.05, 0.1) is 16.7 Å². The van der Waals surface area contributed by atoms with Gasteiger partial charge in [-0.1, -0.05) is 164 Å². The Bertz CT molecular complexity index is 3900. The third-order valence-electron chi connectivity index (χ3n) is 13.2. The van der Waals surface area contributed by atoms with E-state index in [0.717, 1.165) is 66.9 Å². The zero-order chi connectivity index (χ0) is 42.8. The molecule has 304 valence electrons. The monoisotopic (exact) mass is 828 g/mol. The van der Waals surface area contributed by atoms with E-state index >= 15 is 0 Å². The summed E-state index contributed by atoms with van der Waals surface area (Å²) in [4.78, 5) is 2.38. The molecule has 0 fully saturated rings. The number of furan rings is 1. The third kappa shape index (κ3) is 6.05. The minimum Gasteiger partial charge on any atom is -0.456 e. The average molecular weight is 829 g/mol. The molecule has 3 heteroatoms. The normalized spacial score (nSPS) is 11.7. The first kappa shape index (κ1) is 36.9. The highest BCUT2D eigenvalue weighted by Gasteiger charge is 2.21. The minimum atomic E-state index is 0.878. The summed E-state index contributed by atoms with van der Waals surface area (Å²) in [5.74, 6) is 0.